The number of esters is 1. The standard InChI is InChI=1S/C32H46O5/c1-25(2)10-13-30-14-12-29(7)28(6)9-8-20-26(3,4)31(35-16-17-36-31)15-11-27(20,5)21(28)18-23(33)32(29,22(30)19-25)37-24(30)34/h18,20,22H,8-17,19H2,1-7H3/t20-,22+,27-,28+,29-,30-,32+/m0/s1. The van der Waals surface area contributed by atoms with Crippen LogP contribution in [-0.4, -0.2) is 36.4 Å². The number of carbonyl (C=O) groups is 2. The summed E-state index contributed by atoms with van der Waals surface area (Å²) in [6, 6.07) is 0. The predicted octanol–water partition coefficient (Wildman–Crippen LogP) is 6.39. The topological polar surface area (TPSA) is 61.8 Å². The van der Waals surface area contributed by atoms with Gasteiger partial charge in [0.15, 0.2) is 17.2 Å². The average molecular weight is 511 g/mol. The molecule has 7 aliphatic rings. The summed E-state index contributed by atoms with van der Waals surface area (Å²) in [6.45, 7) is 17.8. The zero-order valence-corrected chi connectivity index (χ0v) is 24.1. The van der Waals surface area contributed by atoms with Crippen molar-refractivity contribution in [2.24, 2.45) is 44.3 Å². The molecular weight excluding hydrogens is 464 g/mol. The van der Waals surface area contributed by atoms with Gasteiger partial charge in [-0.3, -0.25) is 9.59 Å². The summed E-state index contributed by atoms with van der Waals surface area (Å²) in [5, 5.41) is 0. The molecule has 4 saturated carbocycles. The molecule has 7 atom stereocenters. The molecule has 0 aromatic heterocycles. The number of hydrogen-bond donors (Lipinski definition) is 0. The number of allylic oxidation sites excluding steroid dienone is 1. The van der Waals surface area contributed by atoms with E-state index in [1.807, 2.05) is 6.08 Å². The normalized spacial score (nSPS) is 52.5. The Bertz CT molecular complexity index is 1130. The van der Waals surface area contributed by atoms with E-state index in [2.05, 4.69) is 48.5 Å². The average Bonchev–Trinajstić information content (AvgIpc) is 3.37. The Kier molecular flexibility index (Phi) is 4.52. The number of carbonyl (C=O) groups excluding carboxylic acids is 2. The van der Waals surface area contributed by atoms with E-state index in [9.17, 15) is 9.59 Å². The fourth-order valence-corrected chi connectivity index (χ4v) is 11.7. The van der Waals surface area contributed by atoms with Gasteiger partial charge in [0.2, 0.25) is 0 Å². The molecule has 5 nitrogen and oxygen atoms in total. The van der Waals surface area contributed by atoms with Crippen molar-refractivity contribution in [3.63, 3.8) is 0 Å². The van der Waals surface area contributed by atoms with E-state index in [1.54, 1.807) is 0 Å². The first-order valence-electron chi connectivity index (χ1n) is 14.9. The summed E-state index contributed by atoms with van der Waals surface area (Å²) in [5.41, 5.74) is -0.918. The molecule has 2 spiro atoms. The number of fused-ring (bicyclic) bond motifs is 4. The molecule has 37 heavy (non-hydrogen) atoms. The van der Waals surface area contributed by atoms with E-state index in [0.29, 0.717) is 19.1 Å². The Balaban J connectivity index is 1.39. The minimum Gasteiger partial charge on any atom is -0.449 e. The molecule has 0 aromatic carbocycles. The largest absolute Gasteiger partial charge is 0.449 e. The SMILES string of the molecule is CC1(C)CC[C@@]23CC[C@@]4(C)[C@]5(C)CC[C@H]6C(C)(C)C7(CC[C@]6(C)C5=CC(=O)[C@]4(OC2=O)[C@@H]3C1)OCCO7. The highest BCUT2D eigenvalue weighted by atomic mass is 16.7. The zero-order valence-electron chi connectivity index (χ0n) is 24.1. The van der Waals surface area contributed by atoms with Gasteiger partial charge in [-0.25, -0.2) is 0 Å². The maximum Gasteiger partial charge on any atom is 0.313 e. The van der Waals surface area contributed by atoms with E-state index in [4.69, 9.17) is 14.2 Å². The van der Waals surface area contributed by atoms with Crippen LogP contribution in [0.5, 0.6) is 0 Å². The molecular formula is C32H46O5. The maximum atomic E-state index is 14.6. The van der Waals surface area contributed by atoms with Crippen molar-refractivity contribution in [3.8, 4) is 0 Å². The minimum absolute atomic E-state index is 0.0194. The lowest BCUT2D eigenvalue weighted by molar-refractivity contribution is -0.289. The second kappa shape index (κ2) is 6.74. The second-order valence-corrected chi connectivity index (χ2v) is 16.0. The molecule has 2 aliphatic heterocycles. The Hall–Kier alpha value is -1.20. The molecule has 5 aliphatic carbocycles. The second-order valence-electron chi connectivity index (χ2n) is 16.0. The van der Waals surface area contributed by atoms with Gasteiger partial charge in [0, 0.05) is 23.2 Å². The predicted molar refractivity (Wildman–Crippen MR) is 139 cm³/mol. The van der Waals surface area contributed by atoms with Crippen LogP contribution >= 0.6 is 0 Å². The summed E-state index contributed by atoms with van der Waals surface area (Å²) in [4.78, 5) is 28.4. The van der Waals surface area contributed by atoms with E-state index in [0.717, 1.165) is 57.8 Å². The van der Waals surface area contributed by atoms with Gasteiger partial charge in [-0.15, -0.1) is 0 Å². The molecule has 2 heterocycles. The van der Waals surface area contributed by atoms with E-state index >= 15 is 0 Å². The maximum absolute atomic E-state index is 14.6. The third-order valence-corrected chi connectivity index (χ3v) is 14.1. The third-order valence-electron chi connectivity index (χ3n) is 14.1. The molecule has 0 N–H and O–H groups in total. The van der Waals surface area contributed by atoms with Crippen molar-refractivity contribution >= 4 is 11.8 Å². The van der Waals surface area contributed by atoms with Gasteiger partial charge in [-0.1, -0.05) is 54.0 Å². The van der Waals surface area contributed by atoms with Gasteiger partial charge in [-0.2, -0.15) is 0 Å². The third kappa shape index (κ3) is 2.44. The summed E-state index contributed by atoms with van der Waals surface area (Å²) in [6.07, 6.45) is 10.4. The molecule has 0 aromatic rings. The number of hydrogen-bond acceptors (Lipinski definition) is 5. The molecule has 2 bridgehead atoms. The van der Waals surface area contributed by atoms with Crippen LogP contribution in [0.25, 0.3) is 0 Å². The van der Waals surface area contributed by atoms with E-state index in [1.165, 1.54) is 5.57 Å². The molecule has 0 radical (unpaired) electrons. The first-order chi connectivity index (χ1) is 17.1. The highest BCUT2D eigenvalue weighted by molar-refractivity contribution is 6.05. The van der Waals surface area contributed by atoms with Crippen molar-refractivity contribution in [1.82, 2.24) is 0 Å². The number of ketones is 1. The molecule has 5 heteroatoms. The zero-order chi connectivity index (χ0) is 26.5. The lowest BCUT2D eigenvalue weighted by atomic mass is 9.33. The highest BCUT2D eigenvalue weighted by Gasteiger charge is 2.82. The van der Waals surface area contributed by atoms with Crippen molar-refractivity contribution in [3.05, 3.63) is 11.6 Å². The molecule has 204 valence electrons. The Morgan fingerprint density at radius 2 is 1.46 bits per heavy atom. The Morgan fingerprint density at radius 1 is 0.784 bits per heavy atom. The Morgan fingerprint density at radius 3 is 2.16 bits per heavy atom. The molecule has 6 fully saturated rings. The quantitative estimate of drug-likeness (QED) is 0.353. The van der Waals surface area contributed by atoms with Crippen LogP contribution in [0.3, 0.4) is 0 Å². The highest BCUT2D eigenvalue weighted by Crippen LogP contribution is 2.79. The Labute approximate surface area is 222 Å². The number of rotatable bonds is 0. The smallest absolute Gasteiger partial charge is 0.313 e. The van der Waals surface area contributed by atoms with Gasteiger partial charge in [-0.05, 0) is 79.6 Å². The van der Waals surface area contributed by atoms with Crippen LogP contribution in [-0.2, 0) is 23.8 Å². The van der Waals surface area contributed by atoms with Gasteiger partial charge < -0.3 is 14.2 Å². The van der Waals surface area contributed by atoms with Crippen LogP contribution in [0.2, 0.25) is 0 Å². The van der Waals surface area contributed by atoms with Crippen LogP contribution in [0.15, 0.2) is 11.6 Å². The van der Waals surface area contributed by atoms with Crippen LogP contribution in [0.4, 0.5) is 0 Å². The summed E-state index contributed by atoms with van der Waals surface area (Å²) in [7, 11) is 0. The molecule has 0 amide bonds. The van der Waals surface area contributed by atoms with Gasteiger partial charge in [0.05, 0.1) is 18.6 Å². The van der Waals surface area contributed by atoms with Crippen LogP contribution < -0.4 is 0 Å². The first kappa shape index (κ1) is 24.8. The van der Waals surface area contributed by atoms with Gasteiger partial charge >= 0.3 is 5.97 Å². The van der Waals surface area contributed by atoms with Gasteiger partial charge in [0.1, 0.15) is 0 Å². The lowest BCUT2D eigenvalue weighted by Crippen LogP contribution is -2.72. The van der Waals surface area contributed by atoms with Crippen molar-refractivity contribution < 1.29 is 23.8 Å². The molecule has 2 saturated heterocycles. The monoisotopic (exact) mass is 510 g/mol. The lowest BCUT2D eigenvalue weighted by Gasteiger charge is -2.70. The molecule has 0 unspecified atom stereocenters. The van der Waals surface area contributed by atoms with Crippen molar-refractivity contribution in [1.29, 1.82) is 0 Å². The van der Waals surface area contributed by atoms with Crippen molar-refractivity contribution in [2.75, 3.05) is 13.2 Å². The summed E-state index contributed by atoms with van der Waals surface area (Å²) < 4.78 is 19.2. The summed E-state index contributed by atoms with van der Waals surface area (Å²) in [5.74, 6) is -0.183. The van der Waals surface area contributed by atoms with Crippen LogP contribution in [0, 0.1) is 44.3 Å². The molecule has 7 rings (SSSR count). The van der Waals surface area contributed by atoms with Gasteiger partial charge in [0.25, 0.3) is 0 Å². The minimum atomic E-state index is -1.02. The first-order valence-corrected chi connectivity index (χ1v) is 14.9. The fraction of sp³-hybridized carbons (Fsp3) is 0.875. The number of ether oxygens (including phenoxy) is 3. The van der Waals surface area contributed by atoms with Crippen LogP contribution in [0.1, 0.15) is 106 Å². The van der Waals surface area contributed by atoms with E-state index < -0.39 is 22.2 Å². The fourth-order valence-electron chi connectivity index (χ4n) is 11.7. The summed E-state index contributed by atoms with van der Waals surface area (Å²) >= 11 is 0. The van der Waals surface area contributed by atoms with Crippen molar-refractivity contribution in [2.45, 2.75) is 118 Å². The van der Waals surface area contributed by atoms with E-state index in [-0.39, 0.29) is 39.3 Å².